The third-order valence-corrected chi connectivity index (χ3v) is 12.1. The van der Waals surface area contributed by atoms with E-state index in [1.807, 2.05) is 38.1 Å². The second kappa shape index (κ2) is 33.7. The van der Waals surface area contributed by atoms with Gasteiger partial charge in [0.05, 0.1) is 13.2 Å². The molecule has 2 aromatic carbocycles. The van der Waals surface area contributed by atoms with Gasteiger partial charge in [-0.2, -0.15) is 0 Å². The number of hydrogen-bond acceptors (Lipinski definition) is 6. The molecule has 2 unspecified atom stereocenters. The molecule has 2 rings (SSSR count). The number of esters is 2. The summed E-state index contributed by atoms with van der Waals surface area (Å²) in [5.41, 5.74) is 2.16. The Balaban J connectivity index is 1.46. The lowest BCUT2D eigenvalue weighted by atomic mass is 9.88. The summed E-state index contributed by atoms with van der Waals surface area (Å²) in [6.45, 7) is 8.99. The number of hydrogen-bond donors (Lipinski definition) is 2. The van der Waals surface area contributed by atoms with Crippen molar-refractivity contribution in [3.05, 3.63) is 59.7 Å². The fourth-order valence-corrected chi connectivity index (χ4v) is 8.33. The normalized spacial score (nSPS) is 12.7. The maximum Gasteiger partial charge on any atom is 0.305 e. The maximum absolute atomic E-state index is 12.4. The molecule has 6 heteroatoms. The molecule has 0 radical (unpaired) electrons. The predicted octanol–water partition coefficient (Wildman–Crippen LogP) is 15.8. The summed E-state index contributed by atoms with van der Waals surface area (Å²) in [5.74, 6) is 1.49. The molecule has 0 bridgehead atoms. The molecule has 2 N–H and O–H groups in total. The zero-order valence-electron chi connectivity index (χ0n) is 38.4. The number of aromatic hydroxyl groups is 2. The van der Waals surface area contributed by atoms with Crippen LogP contribution in [0.15, 0.2) is 48.5 Å². The van der Waals surface area contributed by atoms with E-state index in [1.165, 1.54) is 152 Å². The van der Waals surface area contributed by atoms with Crippen LogP contribution in [0.3, 0.4) is 0 Å². The molecule has 0 aliphatic carbocycles. The Morgan fingerprint density at radius 3 is 1.10 bits per heavy atom. The van der Waals surface area contributed by atoms with Gasteiger partial charge in [-0.3, -0.25) is 9.59 Å². The monoisotopic (exact) mass is 821 g/mol. The average Bonchev–Trinajstić information content (AvgIpc) is 3.22. The fraction of sp³-hybridized carbons (Fsp3) is 0.736. The van der Waals surface area contributed by atoms with Gasteiger partial charge in [-0.15, -0.1) is 0 Å². The SMILES string of the molecule is CCCCCCCC(CCCCCCCCCC(=O)OCC(C)(C)COC(=O)CCCCCCCCCC(CCCCCCC)c1cccc(O)c1)c1cccc(O)c1. The first-order valence-electron chi connectivity index (χ1n) is 24.5. The van der Waals surface area contributed by atoms with Gasteiger partial charge in [-0.1, -0.05) is 193 Å². The second-order valence-corrected chi connectivity index (χ2v) is 18.5. The Labute approximate surface area is 362 Å². The van der Waals surface area contributed by atoms with Crippen molar-refractivity contribution >= 4 is 11.9 Å². The summed E-state index contributed by atoms with van der Waals surface area (Å²) in [6.07, 6.45) is 34.5. The number of benzene rings is 2. The summed E-state index contributed by atoms with van der Waals surface area (Å²) in [5, 5.41) is 20.0. The van der Waals surface area contributed by atoms with Gasteiger partial charge in [0.1, 0.15) is 11.5 Å². The van der Waals surface area contributed by atoms with Crippen molar-refractivity contribution in [3.8, 4) is 11.5 Å². The van der Waals surface area contributed by atoms with E-state index in [0.717, 1.165) is 38.5 Å². The van der Waals surface area contributed by atoms with Crippen LogP contribution in [-0.4, -0.2) is 35.4 Å². The quantitative estimate of drug-likeness (QED) is 0.0518. The smallest absolute Gasteiger partial charge is 0.305 e. The summed E-state index contributed by atoms with van der Waals surface area (Å²) in [7, 11) is 0. The van der Waals surface area contributed by atoms with Gasteiger partial charge in [0.2, 0.25) is 0 Å². The zero-order valence-corrected chi connectivity index (χ0v) is 38.4. The molecule has 0 aliphatic heterocycles. The van der Waals surface area contributed by atoms with Gasteiger partial charge >= 0.3 is 11.9 Å². The van der Waals surface area contributed by atoms with Gasteiger partial charge < -0.3 is 19.7 Å². The van der Waals surface area contributed by atoms with Gasteiger partial charge in [0, 0.05) is 18.3 Å². The van der Waals surface area contributed by atoms with Crippen LogP contribution in [0.2, 0.25) is 0 Å². The number of phenolic OH excluding ortho intramolecular Hbond substituents is 2. The minimum absolute atomic E-state index is 0.161. The standard InChI is InChI=1S/C53H88O6/c1-5-7-9-17-23-31-45(47-35-29-37-49(54)41-47)33-25-19-13-11-15-21-27-39-51(56)58-43-53(3,4)44-59-52(57)40-28-22-16-12-14-20-26-34-46(32-24-18-10-8-6-2)48-36-30-38-50(55)42-48/h29-30,35-38,41-42,45-46,54-55H,5-28,31-34,39-40,43-44H2,1-4H3. The van der Waals surface area contributed by atoms with E-state index in [2.05, 4.69) is 26.0 Å². The van der Waals surface area contributed by atoms with Gasteiger partial charge in [-0.25, -0.2) is 0 Å². The van der Waals surface area contributed by atoms with Crippen molar-refractivity contribution in [1.29, 1.82) is 0 Å². The number of carbonyl (C=O) groups is 2. The molecular weight excluding hydrogens is 733 g/mol. The largest absolute Gasteiger partial charge is 0.508 e. The van der Waals surface area contributed by atoms with Crippen LogP contribution in [0.1, 0.15) is 243 Å². The zero-order chi connectivity index (χ0) is 42.8. The third kappa shape index (κ3) is 27.4. The predicted molar refractivity (Wildman–Crippen MR) is 247 cm³/mol. The molecule has 2 aromatic rings. The van der Waals surface area contributed by atoms with E-state index >= 15 is 0 Å². The van der Waals surface area contributed by atoms with Gasteiger partial charge in [0.25, 0.3) is 0 Å². The third-order valence-electron chi connectivity index (χ3n) is 12.1. The Hall–Kier alpha value is -3.02. The number of unbranched alkanes of at least 4 members (excludes halogenated alkanes) is 20. The van der Waals surface area contributed by atoms with E-state index in [9.17, 15) is 19.8 Å². The molecule has 6 nitrogen and oxygen atoms in total. The van der Waals surface area contributed by atoms with Crippen LogP contribution < -0.4 is 0 Å². The van der Waals surface area contributed by atoms with E-state index in [-0.39, 0.29) is 25.2 Å². The molecule has 0 saturated carbocycles. The Kier molecular flexibility index (Phi) is 29.7. The molecule has 0 amide bonds. The molecule has 336 valence electrons. The Morgan fingerprint density at radius 2 is 0.780 bits per heavy atom. The highest BCUT2D eigenvalue weighted by Crippen LogP contribution is 2.32. The first-order chi connectivity index (χ1) is 28.6. The molecule has 0 saturated heterocycles. The first kappa shape index (κ1) is 52.1. The van der Waals surface area contributed by atoms with Crippen molar-refractivity contribution in [3.63, 3.8) is 0 Å². The molecule has 2 atom stereocenters. The van der Waals surface area contributed by atoms with Gasteiger partial charge in [-0.05, 0) is 85.8 Å². The maximum atomic E-state index is 12.4. The minimum atomic E-state index is -0.408. The summed E-state index contributed by atoms with van der Waals surface area (Å²) in [6, 6.07) is 15.7. The lowest BCUT2D eigenvalue weighted by Crippen LogP contribution is -2.28. The lowest BCUT2D eigenvalue weighted by Gasteiger charge is -2.23. The topological polar surface area (TPSA) is 93.1 Å². The van der Waals surface area contributed by atoms with Crippen molar-refractivity contribution in [2.75, 3.05) is 13.2 Å². The molecule has 0 aliphatic rings. The molecule has 59 heavy (non-hydrogen) atoms. The van der Waals surface area contributed by atoms with Crippen LogP contribution in [0.5, 0.6) is 11.5 Å². The molecule has 0 spiro atoms. The molecule has 0 heterocycles. The van der Waals surface area contributed by atoms with Crippen molar-refractivity contribution in [2.24, 2.45) is 5.41 Å². The first-order valence-corrected chi connectivity index (χ1v) is 24.5. The van der Waals surface area contributed by atoms with Crippen molar-refractivity contribution < 1.29 is 29.3 Å². The summed E-state index contributed by atoms with van der Waals surface area (Å²) >= 11 is 0. The van der Waals surface area contributed by atoms with E-state index in [1.54, 1.807) is 12.1 Å². The van der Waals surface area contributed by atoms with Crippen LogP contribution in [0.4, 0.5) is 0 Å². The summed E-state index contributed by atoms with van der Waals surface area (Å²) < 4.78 is 11.2. The van der Waals surface area contributed by atoms with Crippen LogP contribution >= 0.6 is 0 Å². The number of carbonyl (C=O) groups excluding carboxylic acids is 2. The van der Waals surface area contributed by atoms with Crippen LogP contribution in [0.25, 0.3) is 0 Å². The fourth-order valence-electron chi connectivity index (χ4n) is 8.33. The highest BCUT2D eigenvalue weighted by Gasteiger charge is 2.23. The molecule has 0 fully saturated rings. The lowest BCUT2D eigenvalue weighted by molar-refractivity contribution is -0.152. The van der Waals surface area contributed by atoms with Crippen molar-refractivity contribution in [2.45, 2.75) is 232 Å². The number of ether oxygens (including phenoxy) is 2. The van der Waals surface area contributed by atoms with E-state index < -0.39 is 5.41 Å². The van der Waals surface area contributed by atoms with E-state index in [0.29, 0.717) is 36.2 Å². The highest BCUT2D eigenvalue weighted by atomic mass is 16.5. The van der Waals surface area contributed by atoms with Crippen LogP contribution in [0, 0.1) is 5.41 Å². The molecular formula is C53H88O6. The second-order valence-electron chi connectivity index (χ2n) is 18.5. The highest BCUT2D eigenvalue weighted by molar-refractivity contribution is 5.69. The van der Waals surface area contributed by atoms with Crippen molar-refractivity contribution in [1.82, 2.24) is 0 Å². The number of phenols is 2. The van der Waals surface area contributed by atoms with E-state index in [4.69, 9.17) is 9.47 Å². The molecule has 0 aromatic heterocycles. The average molecular weight is 821 g/mol. The minimum Gasteiger partial charge on any atom is -0.508 e. The number of rotatable bonds is 38. The Morgan fingerprint density at radius 1 is 0.475 bits per heavy atom. The Bertz CT molecular complexity index is 1240. The summed E-state index contributed by atoms with van der Waals surface area (Å²) in [4.78, 5) is 24.9. The van der Waals surface area contributed by atoms with Gasteiger partial charge in [0.15, 0.2) is 0 Å². The van der Waals surface area contributed by atoms with Crippen LogP contribution in [-0.2, 0) is 19.1 Å².